The maximum atomic E-state index is 8.68. The van der Waals surface area contributed by atoms with Crippen molar-refractivity contribution in [1.82, 2.24) is 0 Å². The van der Waals surface area contributed by atoms with Gasteiger partial charge in [-0.3, -0.25) is 0 Å². The monoisotopic (exact) mass is 223 g/mol. The summed E-state index contributed by atoms with van der Waals surface area (Å²) >= 11 is 6.33. The van der Waals surface area contributed by atoms with Gasteiger partial charge in [0, 0.05) is 4.90 Å². The lowest BCUT2D eigenvalue weighted by atomic mass is 10.2. The van der Waals surface area contributed by atoms with Crippen LogP contribution in [-0.4, -0.2) is 11.0 Å². The number of ether oxygens (including phenoxy) is 1. The molecule has 0 N–H and O–H groups in total. The lowest BCUT2D eigenvalue weighted by Gasteiger charge is -2.03. The number of thiocarbonyl (C=S) groups is 1. The van der Waals surface area contributed by atoms with Gasteiger partial charge in [0.15, 0.2) is 0 Å². The highest BCUT2D eigenvalue weighted by molar-refractivity contribution is 8.22. The lowest BCUT2D eigenvalue weighted by Crippen LogP contribution is -1.95. The lowest BCUT2D eigenvalue weighted by molar-refractivity contribution is 0.346. The molecular formula is C10H9NOS2. The summed E-state index contributed by atoms with van der Waals surface area (Å²) in [7, 11) is 0. The summed E-state index contributed by atoms with van der Waals surface area (Å²) in [5.74, 6) is 0. The Bertz CT molecular complexity index is 371. The molecule has 0 amide bonds. The molecule has 0 radical (unpaired) electrons. The Morgan fingerprint density at radius 2 is 2.43 bits per heavy atom. The third kappa shape index (κ3) is 3.36. The average Bonchev–Trinajstić information content (AvgIpc) is 2.18. The molecular weight excluding hydrogens is 214 g/mol. The number of hydrogen-bond acceptors (Lipinski definition) is 4. The number of benzene rings is 1. The molecule has 1 aromatic rings. The Morgan fingerprint density at radius 1 is 1.64 bits per heavy atom. The van der Waals surface area contributed by atoms with E-state index in [0.29, 0.717) is 16.6 Å². The van der Waals surface area contributed by atoms with Gasteiger partial charge in [-0.15, -0.1) is 0 Å². The van der Waals surface area contributed by atoms with Crippen molar-refractivity contribution in [3.63, 3.8) is 0 Å². The van der Waals surface area contributed by atoms with Crippen LogP contribution in [0.25, 0.3) is 0 Å². The minimum atomic E-state index is 0.489. The molecule has 2 nitrogen and oxygen atoms in total. The van der Waals surface area contributed by atoms with Crippen molar-refractivity contribution in [2.24, 2.45) is 0 Å². The van der Waals surface area contributed by atoms with E-state index in [1.165, 1.54) is 11.8 Å². The van der Waals surface area contributed by atoms with Crippen molar-refractivity contribution >= 4 is 28.4 Å². The molecule has 0 aliphatic heterocycles. The van der Waals surface area contributed by atoms with E-state index < -0.39 is 0 Å². The highest BCUT2D eigenvalue weighted by atomic mass is 32.2. The normalized spacial score (nSPS) is 9.14. The summed E-state index contributed by atoms with van der Waals surface area (Å²) < 4.78 is 5.62. The molecule has 0 saturated carbocycles. The fourth-order valence-corrected chi connectivity index (χ4v) is 1.98. The second-order valence-corrected chi connectivity index (χ2v) is 4.10. The van der Waals surface area contributed by atoms with Gasteiger partial charge in [-0.25, -0.2) is 0 Å². The standard InChI is InChI=1S/C10H9NOS2/c1-2-12-10(13)14-9-5-3-4-8(6-9)7-11/h3-6H,2H2,1H3. The Labute approximate surface area is 92.9 Å². The van der Waals surface area contributed by atoms with Crippen molar-refractivity contribution in [2.45, 2.75) is 11.8 Å². The van der Waals surface area contributed by atoms with E-state index in [2.05, 4.69) is 6.07 Å². The van der Waals surface area contributed by atoms with Crippen LogP contribution in [-0.2, 0) is 4.74 Å². The van der Waals surface area contributed by atoms with Crippen LogP contribution >= 0.6 is 24.0 Å². The molecule has 0 spiro atoms. The maximum absolute atomic E-state index is 8.68. The number of rotatable bonds is 2. The summed E-state index contributed by atoms with van der Waals surface area (Å²) in [6.45, 7) is 2.46. The van der Waals surface area contributed by atoms with E-state index in [1.54, 1.807) is 12.1 Å². The summed E-state index contributed by atoms with van der Waals surface area (Å²) in [6.07, 6.45) is 0. The Balaban J connectivity index is 2.68. The molecule has 4 heteroatoms. The van der Waals surface area contributed by atoms with E-state index in [9.17, 15) is 0 Å². The first-order valence-electron chi connectivity index (χ1n) is 4.11. The smallest absolute Gasteiger partial charge is 0.224 e. The van der Waals surface area contributed by atoms with Crippen LogP contribution in [0.4, 0.5) is 0 Å². The second kappa shape index (κ2) is 5.63. The van der Waals surface area contributed by atoms with E-state index >= 15 is 0 Å². The zero-order valence-electron chi connectivity index (χ0n) is 7.69. The molecule has 0 unspecified atom stereocenters. The Morgan fingerprint density at radius 3 is 3.07 bits per heavy atom. The van der Waals surface area contributed by atoms with Crippen molar-refractivity contribution in [2.75, 3.05) is 6.61 Å². The molecule has 0 bridgehead atoms. The Kier molecular flexibility index (Phi) is 4.44. The SMILES string of the molecule is CCOC(=S)Sc1cccc(C#N)c1. The number of nitrogens with zero attached hydrogens (tertiary/aromatic N) is 1. The van der Waals surface area contributed by atoms with Crippen molar-refractivity contribution in [1.29, 1.82) is 5.26 Å². The zero-order valence-corrected chi connectivity index (χ0v) is 9.32. The van der Waals surface area contributed by atoms with Gasteiger partial charge < -0.3 is 4.74 Å². The first-order chi connectivity index (χ1) is 6.76. The van der Waals surface area contributed by atoms with Gasteiger partial charge in [-0.05, 0) is 49.1 Å². The third-order valence-corrected chi connectivity index (χ3v) is 2.57. The van der Waals surface area contributed by atoms with Crippen LogP contribution in [0.15, 0.2) is 29.2 Å². The Hall–Kier alpha value is -1.05. The van der Waals surface area contributed by atoms with Gasteiger partial charge in [0.2, 0.25) is 4.38 Å². The third-order valence-electron chi connectivity index (χ3n) is 1.43. The van der Waals surface area contributed by atoms with Crippen molar-refractivity contribution in [3.8, 4) is 6.07 Å². The summed E-state index contributed by atoms with van der Waals surface area (Å²) in [4.78, 5) is 0.933. The summed E-state index contributed by atoms with van der Waals surface area (Å²) in [5, 5.41) is 8.68. The average molecular weight is 223 g/mol. The number of thioether (sulfide) groups is 1. The minimum absolute atomic E-state index is 0.489. The molecule has 14 heavy (non-hydrogen) atoms. The van der Waals surface area contributed by atoms with E-state index in [-0.39, 0.29) is 0 Å². The van der Waals surface area contributed by atoms with E-state index in [4.69, 9.17) is 22.2 Å². The molecule has 1 rings (SSSR count). The van der Waals surface area contributed by atoms with Crippen molar-refractivity contribution in [3.05, 3.63) is 29.8 Å². The molecule has 0 atom stereocenters. The predicted octanol–water partition coefficient (Wildman–Crippen LogP) is 2.97. The quantitative estimate of drug-likeness (QED) is 0.570. The predicted molar refractivity (Wildman–Crippen MR) is 61.2 cm³/mol. The van der Waals surface area contributed by atoms with Gasteiger partial charge in [0.05, 0.1) is 18.2 Å². The van der Waals surface area contributed by atoms with Gasteiger partial charge >= 0.3 is 0 Å². The van der Waals surface area contributed by atoms with Crippen LogP contribution in [0.2, 0.25) is 0 Å². The van der Waals surface area contributed by atoms with Crippen LogP contribution in [0.1, 0.15) is 12.5 Å². The molecule has 0 saturated heterocycles. The molecule has 0 heterocycles. The largest absolute Gasteiger partial charge is 0.479 e. The molecule has 0 aliphatic carbocycles. The zero-order chi connectivity index (χ0) is 10.4. The first-order valence-corrected chi connectivity index (χ1v) is 5.33. The minimum Gasteiger partial charge on any atom is -0.479 e. The van der Waals surface area contributed by atoms with Crippen LogP contribution in [0.5, 0.6) is 0 Å². The molecule has 0 aromatic heterocycles. The fourth-order valence-electron chi connectivity index (χ4n) is 0.873. The molecule has 72 valence electrons. The maximum Gasteiger partial charge on any atom is 0.224 e. The van der Waals surface area contributed by atoms with Crippen molar-refractivity contribution < 1.29 is 4.74 Å². The van der Waals surface area contributed by atoms with Crippen LogP contribution in [0, 0.1) is 11.3 Å². The van der Waals surface area contributed by atoms with Crippen LogP contribution in [0.3, 0.4) is 0 Å². The summed E-state index contributed by atoms with van der Waals surface area (Å²) in [6, 6.07) is 9.35. The number of hydrogen-bond donors (Lipinski definition) is 0. The van der Waals surface area contributed by atoms with Gasteiger partial charge in [0.25, 0.3) is 0 Å². The van der Waals surface area contributed by atoms with E-state index in [0.717, 1.165) is 4.90 Å². The second-order valence-electron chi connectivity index (χ2n) is 2.42. The van der Waals surface area contributed by atoms with Gasteiger partial charge in [-0.2, -0.15) is 5.26 Å². The van der Waals surface area contributed by atoms with Crippen LogP contribution < -0.4 is 0 Å². The van der Waals surface area contributed by atoms with Gasteiger partial charge in [-0.1, -0.05) is 6.07 Å². The molecule has 0 aliphatic rings. The molecule has 1 aromatic carbocycles. The highest BCUT2D eigenvalue weighted by Gasteiger charge is 2.01. The summed E-state index contributed by atoms with van der Waals surface area (Å²) in [5.41, 5.74) is 0.634. The van der Waals surface area contributed by atoms with E-state index in [1.807, 2.05) is 19.1 Å². The highest BCUT2D eigenvalue weighted by Crippen LogP contribution is 2.21. The molecule has 0 fully saturated rings. The first kappa shape index (κ1) is 11.0. The van der Waals surface area contributed by atoms with Gasteiger partial charge in [0.1, 0.15) is 0 Å². The fraction of sp³-hybridized carbons (Fsp3) is 0.200. The number of nitriles is 1. The topological polar surface area (TPSA) is 33.0 Å².